The highest BCUT2D eigenvalue weighted by molar-refractivity contribution is 5.55. The second-order valence-electron chi connectivity index (χ2n) is 7.72. The zero-order chi connectivity index (χ0) is 18.5. The number of nitrogens with zero attached hydrogens (tertiary/aromatic N) is 1. The van der Waals surface area contributed by atoms with Gasteiger partial charge in [-0.3, -0.25) is 0 Å². The van der Waals surface area contributed by atoms with Crippen molar-refractivity contribution in [3.8, 4) is 5.75 Å². The highest BCUT2D eigenvalue weighted by Crippen LogP contribution is 2.21. The Bertz CT molecular complexity index is 703. The number of hydrogen-bond donors (Lipinski definition) is 1. The van der Waals surface area contributed by atoms with E-state index in [2.05, 4.69) is 68.1 Å². The van der Waals surface area contributed by atoms with Gasteiger partial charge in [-0.25, -0.2) is 0 Å². The molecule has 140 valence electrons. The molecule has 1 heterocycles. The van der Waals surface area contributed by atoms with E-state index in [1.807, 2.05) is 0 Å². The van der Waals surface area contributed by atoms with Crippen LogP contribution < -0.4 is 14.5 Å². The van der Waals surface area contributed by atoms with Crippen LogP contribution in [-0.4, -0.2) is 39.3 Å². The Hall–Kier alpha value is -2.00. The minimum atomic E-state index is 0.706. The van der Waals surface area contributed by atoms with Gasteiger partial charge in [0.15, 0.2) is 0 Å². The monoisotopic (exact) mass is 353 g/mol. The Labute approximate surface area is 158 Å². The van der Waals surface area contributed by atoms with Gasteiger partial charge in [-0.05, 0) is 62.1 Å². The molecule has 1 fully saturated rings. The Morgan fingerprint density at radius 2 is 1.73 bits per heavy atom. The number of piperazine rings is 1. The molecule has 1 N–H and O–H groups in total. The molecule has 1 saturated heterocycles. The van der Waals surface area contributed by atoms with Crippen molar-refractivity contribution in [2.75, 3.05) is 38.2 Å². The fourth-order valence-corrected chi connectivity index (χ4v) is 3.97. The molecule has 3 rings (SSSR count). The summed E-state index contributed by atoms with van der Waals surface area (Å²) in [5.74, 6) is 0.940. The zero-order valence-electron chi connectivity index (χ0n) is 16.7. The molecule has 2 aromatic rings. The number of aryl methyl sites for hydroxylation is 3. The minimum Gasteiger partial charge on any atom is -0.497 e. The molecule has 0 saturated carbocycles. The quantitative estimate of drug-likeness (QED) is 0.860. The highest BCUT2D eigenvalue weighted by atomic mass is 16.5. The summed E-state index contributed by atoms with van der Waals surface area (Å²) in [6.07, 6.45) is 2.39. The van der Waals surface area contributed by atoms with Crippen LogP contribution >= 0.6 is 0 Å². The Morgan fingerprint density at radius 1 is 1.04 bits per heavy atom. The number of anilines is 1. The second-order valence-corrected chi connectivity index (χ2v) is 7.72. The van der Waals surface area contributed by atoms with E-state index >= 15 is 0 Å². The van der Waals surface area contributed by atoms with Crippen molar-refractivity contribution in [2.45, 2.75) is 39.7 Å². The highest BCUT2D eigenvalue weighted by Gasteiger charge is 2.25. The lowest BCUT2D eigenvalue weighted by Crippen LogP contribution is -3.18. The van der Waals surface area contributed by atoms with Gasteiger partial charge in [0.05, 0.1) is 39.3 Å². The zero-order valence-corrected chi connectivity index (χ0v) is 16.7. The van der Waals surface area contributed by atoms with Crippen molar-refractivity contribution in [3.63, 3.8) is 0 Å². The molecule has 0 amide bonds. The molecule has 26 heavy (non-hydrogen) atoms. The lowest BCUT2D eigenvalue weighted by molar-refractivity contribution is -0.924. The smallest absolute Gasteiger partial charge is 0.118 e. The van der Waals surface area contributed by atoms with Crippen LogP contribution in [0.4, 0.5) is 5.69 Å². The van der Waals surface area contributed by atoms with Gasteiger partial charge in [0.1, 0.15) is 5.75 Å². The number of nitrogens with one attached hydrogen (secondary N) is 1. The van der Waals surface area contributed by atoms with E-state index < -0.39 is 0 Å². The minimum absolute atomic E-state index is 0.706. The summed E-state index contributed by atoms with van der Waals surface area (Å²) < 4.78 is 5.24. The van der Waals surface area contributed by atoms with Crippen LogP contribution in [0.25, 0.3) is 0 Å². The molecule has 1 atom stereocenters. The van der Waals surface area contributed by atoms with E-state index in [1.165, 1.54) is 41.9 Å². The number of ether oxygens (including phenoxy) is 1. The van der Waals surface area contributed by atoms with Crippen molar-refractivity contribution in [1.29, 1.82) is 0 Å². The first kappa shape index (κ1) is 18.8. The number of hydrogen-bond acceptors (Lipinski definition) is 2. The topological polar surface area (TPSA) is 16.9 Å². The van der Waals surface area contributed by atoms with Crippen LogP contribution in [-0.2, 0) is 6.42 Å². The summed E-state index contributed by atoms with van der Waals surface area (Å²) in [6, 6.07) is 16.0. The molecule has 1 aliphatic rings. The van der Waals surface area contributed by atoms with Crippen molar-refractivity contribution < 1.29 is 9.64 Å². The summed E-state index contributed by atoms with van der Waals surface area (Å²) in [4.78, 5) is 4.32. The van der Waals surface area contributed by atoms with E-state index in [4.69, 9.17) is 4.74 Å². The molecule has 3 nitrogen and oxygen atoms in total. The van der Waals surface area contributed by atoms with Gasteiger partial charge in [-0.2, -0.15) is 0 Å². The summed E-state index contributed by atoms with van der Waals surface area (Å²) in [5.41, 5.74) is 5.58. The fourth-order valence-electron chi connectivity index (χ4n) is 3.97. The first-order chi connectivity index (χ1) is 12.6. The molecule has 0 spiro atoms. The summed E-state index contributed by atoms with van der Waals surface area (Å²) >= 11 is 0. The van der Waals surface area contributed by atoms with Crippen molar-refractivity contribution in [3.05, 3.63) is 59.2 Å². The number of quaternary nitrogens is 1. The third-order valence-electron chi connectivity index (χ3n) is 5.83. The van der Waals surface area contributed by atoms with Crippen LogP contribution in [0.15, 0.2) is 42.5 Å². The maximum atomic E-state index is 5.24. The largest absolute Gasteiger partial charge is 0.497 e. The number of methoxy groups -OCH3 is 1. The van der Waals surface area contributed by atoms with Gasteiger partial charge in [0.25, 0.3) is 0 Å². The maximum absolute atomic E-state index is 5.24. The van der Waals surface area contributed by atoms with Crippen LogP contribution in [0.3, 0.4) is 0 Å². The van der Waals surface area contributed by atoms with Crippen LogP contribution in [0.5, 0.6) is 5.75 Å². The molecule has 1 aliphatic heterocycles. The summed E-state index contributed by atoms with van der Waals surface area (Å²) in [7, 11) is 1.72. The number of benzene rings is 2. The molecule has 0 aliphatic carbocycles. The van der Waals surface area contributed by atoms with E-state index in [-0.39, 0.29) is 0 Å². The molecule has 0 bridgehead atoms. The molecule has 0 aromatic heterocycles. The third kappa shape index (κ3) is 4.59. The van der Waals surface area contributed by atoms with E-state index in [1.54, 1.807) is 12.0 Å². The average molecular weight is 354 g/mol. The standard InChI is InChI=1S/C23H32N2O/c1-18-5-6-19(2)23(17-18)25-15-13-24(14-16-25)20(3)7-8-21-9-11-22(26-4)12-10-21/h5-6,9-12,17,20H,7-8,13-16H2,1-4H3/p+1/t20-/m1/s1. The van der Waals surface area contributed by atoms with Gasteiger partial charge in [-0.15, -0.1) is 0 Å². The van der Waals surface area contributed by atoms with Gasteiger partial charge in [-0.1, -0.05) is 24.3 Å². The average Bonchev–Trinajstić information content (AvgIpc) is 2.68. The number of rotatable bonds is 6. The fraction of sp³-hybridized carbons (Fsp3) is 0.478. The molecule has 3 heteroatoms. The van der Waals surface area contributed by atoms with Crippen LogP contribution in [0.2, 0.25) is 0 Å². The molecular weight excluding hydrogens is 320 g/mol. The van der Waals surface area contributed by atoms with Crippen molar-refractivity contribution >= 4 is 5.69 Å². The third-order valence-corrected chi connectivity index (χ3v) is 5.83. The predicted octanol–water partition coefficient (Wildman–Crippen LogP) is 3.04. The lowest BCUT2D eigenvalue weighted by atomic mass is 10.0. The first-order valence-corrected chi connectivity index (χ1v) is 9.86. The normalized spacial score (nSPS) is 16.5. The van der Waals surface area contributed by atoms with Gasteiger partial charge >= 0.3 is 0 Å². The summed E-state index contributed by atoms with van der Waals surface area (Å²) in [5, 5.41) is 0. The Morgan fingerprint density at radius 3 is 2.38 bits per heavy atom. The Balaban J connectivity index is 1.50. The second kappa shape index (κ2) is 8.59. The van der Waals surface area contributed by atoms with Gasteiger partial charge < -0.3 is 14.5 Å². The van der Waals surface area contributed by atoms with Gasteiger partial charge in [0, 0.05) is 12.1 Å². The summed E-state index contributed by atoms with van der Waals surface area (Å²) in [6.45, 7) is 11.6. The molecule has 2 aromatic carbocycles. The van der Waals surface area contributed by atoms with Gasteiger partial charge in [0.2, 0.25) is 0 Å². The lowest BCUT2D eigenvalue weighted by Gasteiger charge is -2.37. The Kier molecular flexibility index (Phi) is 6.20. The van der Waals surface area contributed by atoms with Crippen molar-refractivity contribution in [2.24, 2.45) is 0 Å². The van der Waals surface area contributed by atoms with Crippen LogP contribution in [0, 0.1) is 13.8 Å². The molecular formula is C23H33N2O+. The van der Waals surface area contributed by atoms with Crippen LogP contribution in [0.1, 0.15) is 30.0 Å². The predicted molar refractivity (Wildman–Crippen MR) is 110 cm³/mol. The van der Waals surface area contributed by atoms with E-state index in [0.29, 0.717) is 6.04 Å². The van der Waals surface area contributed by atoms with E-state index in [9.17, 15) is 0 Å². The first-order valence-electron chi connectivity index (χ1n) is 9.86. The van der Waals surface area contributed by atoms with Crippen molar-refractivity contribution in [1.82, 2.24) is 0 Å². The molecule has 0 radical (unpaired) electrons. The maximum Gasteiger partial charge on any atom is 0.118 e. The van der Waals surface area contributed by atoms with E-state index in [0.717, 1.165) is 25.3 Å². The SMILES string of the molecule is COc1ccc(CC[C@@H](C)[NH+]2CCN(c3cc(C)ccc3C)CC2)cc1. The molecule has 0 unspecified atom stereocenters.